The maximum absolute atomic E-state index is 8.55. The highest BCUT2D eigenvalue weighted by Gasteiger charge is 2.08. The predicted octanol–water partition coefficient (Wildman–Crippen LogP) is 0.669. The molecule has 0 aromatic carbocycles. The van der Waals surface area contributed by atoms with Gasteiger partial charge in [0, 0.05) is 13.6 Å². The van der Waals surface area contributed by atoms with Crippen LogP contribution in [0.5, 0.6) is 0 Å². The topological polar surface area (TPSA) is 45.1 Å². The zero-order valence-electron chi connectivity index (χ0n) is 8.03. The molecule has 0 saturated heterocycles. The molecule has 0 bridgehead atoms. The second kappa shape index (κ2) is 7.06. The molecule has 0 aromatic rings. The van der Waals surface area contributed by atoms with E-state index >= 15 is 0 Å². The number of ether oxygens (including phenoxy) is 1. The number of hydrogen-bond acceptors (Lipinski definition) is 3. The summed E-state index contributed by atoms with van der Waals surface area (Å²) in [6.45, 7) is 4.48. The molecule has 12 heavy (non-hydrogen) atoms. The van der Waals surface area contributed by atoms with Gasteiger partial charge in [0.1, 0.15) is 13.0 Å². The van der Waals surface area contributed by atoms with E-state index in [0.29, 0.717) is 0 Å². The molecular weight excluding hydrogens is 156 g/mol. The lowest BCUT2D eigenvalue weighted by Crippen LogP contribution is -2.32. The zero-order valence-corrected chi connectivity index (χ0v) is 8.03. The first-order valence-corrected chi connectivity index (χ1v) is 4.20. The van der Waals surface area contributed by atoms with Gasteiger partial charge >= 0.3 is 0 Å². The van der Waals surface area contributed by atoms with Crippen molar-refractivity contribution < 1.29 is 9.84 Å². The summed E-state index contributed by atoms with van der Waals surface area (Å²) < 4.78 is 5.04. The SMILES string of the molecule is CCN=CN(C)C(CC)OCO. The van der Waals surface area contributed by atoms with Crippen molar-refractivity contribution in [1.82, 2.24) is 4.90 Å². The number of aliphatic imine (C=N–C) groups is 1. The van der Waals surface area contributed by atoms with Crippen molar-refractivity contribution in [3.63, 3.8) is 0 Å². The summed E-state index contributed by atoms with van der Waals surface area (Å²) in [6.07, 6.45) is 2.47. The number of aliphatic hydroxyl groups excluding tert-OH is 1. The molecule has 4 nitrogen and oxygen atoms in total. The van der Waals surface area contributed by atoms with Crippen LogP contribution in [-0.4, -0.2) is 43.0 Å². The molecule has 0 rings (SSSR count). The van der Waals surface area contributed by atoms with Gasteiger partial charge < -0.3 is 14.7 Å². The lowest BCUT2D eigenvalue weighted by atomic mass is 10.4. The Bertz CT molecular complexity index is 128. The minimum atomic E-state index is -0.247. The first-order chi connectivity index (χ1) is 5.76. The standard InChI is InChI=1S/C8H18N2O2/c1-4-8(12-7-11)10(3)6-9-5-2/h6,8,11H,4-5,7H2,1-3H3. The van der Waals surface area contributed by atoms with Gasteiger partial charge in [-0.05, 0) is 13.3 Å². The van der Waals surface area contributed by atoms with Crippen LogP contribution in [0.1, 0.15) is 20.3 Å². The van der Waals surface area contributed by atoms with Crippen molar-refractivity contribution in [1.29, 1.82) is 0 Å². The lowest BCUT2D eigenvalue weighted by Gasteiger charge is -2.23. The van der Waals surface area contributed by atoms with Gasteiger partial charge in [-0.25, -0.2) is 0 Å². The first kappa shape index (κ1) is 11.4. The Morgan fingerprint density at radius 1 is 1.58 bits per heavy atom. The molecule has 1 unspecified atom stereocenters. The largest absolute Gasteiger partial charge is 0.371 e. The minimum absolute atomic E-state index is 0.0784. The summed E-state index contributed by atoms with van der Waals surface area (Å²) in [5, 5.41) is 8.55. The maximum atomic E-state index is 8.55. The summed E-state index contributed by atoms with van der Waals surface area (Å²) in [5.74, 6) is 0. The molecule has 0 radical (unpaired) electrons. The number of hydrogen-bond donors (Lipinski definition) is 1. The van der Waals surface area contributed by atoms with Crippen molar-refractivity contribution in [2.45, 2.75) is 26.5 Å². The average Bonchev–Trinajstić information content (AvgIpc) is 2.10. The zero-order chi connectivity index (χ0) is 9.40. The second-order valence-electron chi connectivity index (χ2n) is 2.44. The Morgan fingerprint density at radius 3 is 2.67 bits per heavy atom. The van der Waals surface area contributed by atoms with E-state index in [0.717, 1.165) is 13.0 Å². The van der Waals surface area contributed by atoms with Crippen molar-refractivity contribution in [3.05, 3.63) is 0 Å². The number of rotatable bonds is 6. The molecule has 0 spiro atoms. The van der Waals surface area contributed by atoms with Crippen LogP contribution in [0.15, 0.2) is 4.99 Å². The molecule has 0 aliphatic carbocycles. The molecule has 1 N–H and O–H groups in total. The molecule has 0 saturated carbocycles. The van der Waals surface area contributed by atoms with Gasteiger partial charge in [-0.2, -0.15) is 0 Å². The van der Waals surface area contributed by atoms with Gasteiger partial charge in [-0.3, -0.25) is 4.99 Å². The lowest BCUT2D eigenvalue weighted by molar-refractivity contribution is -0.0919. The normalized spacial score (nSPS) is 13.7. The van der Waals surface area contributed by atoms with E-state index < -0.39 is 0 Å². The van der Waals surface area contributed by atoms with E-state index in [9.17, 15) is 0 Å². The van der Waals surface area contributed by atoms with Crippen LogP contribution < -0.4 is 0 Å². The molecule has 0 aliphatic rings. The van der Waals surface area contributed by atoms with Gasteiger partial charge in [0.15, 0.2) is 0 Å². The van der Waals surface area contributed by atoms with Crippen LogP contribution in [0, 0.1) is 0 Å². The van der Waals surface area contributed by atoms with E-state index in [-0.39, 0.29) is 13.0 Å². The second-order valence-corrected chi connectivity index (χ2v) is 2.44. The van der Waals surface area contributed by atoms with E-state index in [1.165, 1.54) is 0 Å². The van der Waals surface area contributed by atoms with Crippen molar-refractivity contribution in [2.75, 3.05) is 20.4 Å². The van der Waals surface area contributed by atoms with Crippen LogP contribution >= 0.6 is 0 Å². The third-order valence-corrected chi connectivity index (χ3v) is 1.52. The Kier molecular flexibility index (Phi) is 6.70. The van der Waals surface area contributed by atoms with E-state index in [2.05, 4.69) is 4.99 Å². The summed E-state index contributed by atoms with van der Waals surface area (Å²) in [6, 6.07) is 0. The fourth-order valence-electron chi connectivity index (χ4n) is 0.894. The number of nitrogens with zero attached hydrogens (tertiary/aromatic N) is 2. The van der Waals surface area contributed by atoms with Gasteiger partial charge in [0.05, 0.1) is 6.34 Å². The summed E-state index contributed by atoms with van der Waals surface area (Å²) in [5.41, 5.74) is 0. The van der Waals surface area contributed by atoms with Crippen LogP contribution in [-0.2, 0) is 4.74 Å². The van der Waals surface area contributed by atoms with Crippen molar-refractivity contribution in [2.24, 2.45) is 4.99 Å². The maximum Gasteiger partial charge on any atom is 0.146 e. The smallest absolute Gasteiger partial charge is 0.146 e. The van der Waals surface area contributed by atoms with Gasteiger partial charge in [-0.15, -0.1) is 0 Å². The minimum Gasteiger partial charge on any atom is -0.371 e. The van der Waals surface area contributed by atoms with E-state index in [1.54, 1.807) is 6.34 Å². The molecule has 0 amide bonds. The van der Waals surface area contributed by atoms with Gasteiger partial charge in [0.25, 0.3) is 0 Å². The van der Waals surface area contributed by atoms with E-state index in [4.69, 9.17) is 9.84 Å². The van der Waals surface area contributed by atoms with E-state index in [1.807, 2.05) is 25.8 Å². The first-order valence-electron chi connectivity index (χ1n) is 4.20. The summed E-state index contributed by atoms with van der Waals surface area (Å²) in [7, 11) is 1.88. The van der Waals surface area contributed by atoms with Crippen LogP contribution in [0.4, 0.5) is 0 Å². The molecule has 72 valence electrons. The van der Waals surface area contributed by atoms with Crippen molar-refractivity contribution in [3.8, 4) is 0 Å². The molecular formula is C8H18N2O2. The van der Waals surface area contributed by atoms with Crippen molar-refractivity contribution >= 4 is 6.34 Å². The third-order valence-electron chi connectivity index (χ3n) is 1.52. The molecule has 0 fully saturated rings. The molecule has 0 aliphatic heterocycles. The van der Waals surface area contributed by atoms with Gasteiger partial charge in [0.2, 0.25) is 0 Å². The third kappa shape index (κ3) is 4.31. The fourth-order valence-corrected chi connectivity index (χ4v) is 0.894. The molecule has 0 heterocycles. The Balaban J connectivity index is 3.84. The highest BCUT2D eigenvalue weighted by atomic mass is 16.6. The summed E-state index contributed by atoms with van der Waals surface area (Å²) in [4.78, 5) is 5.91. The molecule has 4 heteroatoms. The monoisotopic (exact) mass is 174 g/mol. The average molecular weight is 174 g/mol. The Hall–Kier alpha value is -0.610. The Morgan fingerprint density at radius 2 is 2.25 bits per heavy atom. The van der Waals surface area contributed by atoms with Crippen LogP contribution in [0.25, 0.3) is 0 Å². The highest BCUT2D eigenvalue weighted by Crippen LogP contribution is 2.00. The predicted molar refractivity (Wildman–Crippen MR) is 49.0 cm³/mol. The van der Waals surface area contributed by atoms with Gasteiger partial charge in [-0.1, -0.05) is 6.92 Å². The molecule has 0 aromatic heterocycles. The molecule has 1 atom stereocenters. The van der Waals surface area contributed by atoms with Crippen LogP contribution in [0.2, 0.25) is 0 Å². The Labute approximate surface area is 73.9 Å². The number of aliphatic hydroxyl groups is 1. The van der Waals surface area contributed by atoms with Crippen LogP contribution in [0.3, 0.4) is 0 Å². The highest BCUT2D eigenvalue weighted by molar-refractivity contribution is 5.54. The quantitative estimate of drug-likeness (QED) is 0.365. The fraction of sp³-hybridized carbons (Fsp3) is 0.875. The summed E-state index contributed by atoms with van der Waals surface area (Å²) >= 11 is 0.